The first-order valence-corrected chi connectivity index (χ1v) is 4.02. The first-order valence-electron chi connectivity index (χ1n) is 4.02. The molecule has 0 atom stereocenters. The van der Waals surface area contributed by atoms with Gasteiger partial charge in [-0.05, 0) is 25.0 Å². The molecule has 1 aromatic rings. The minimum atomic E-state index is 0.105. The SMILES string of the molecule is Cc1nccc2c1CCC(=O)N2. The third-order valence-electron chi connectivity index (χ3n) is 2.15. The zero-order valence-electron chi connectivity index (χ0n) is 6.92. The minimum Gasteiger partial charge on any atom is -0.326 e. The lowest BCUT2D eigenvalue weighted by atomic mass is 10.0. The van der Waals surface area contributed by atoms with Crippen LogP contribution >= 0.6 is 0 Å². The molecule has 1 aliphatic rings. The minimum absolute atomic E-state index is 0.105. The second-order valence-corrected chi connectivity index (χ2v) is 2.97. The monoisotopic (exact) mass is 162 g/mol. The average Bonchev–Trinajstić information content (AvgIpc) is 2.04. The summed E-state index contributed by atoms with van der Waals surface area (Å²) in [5, 5.41) is 2.82. The van der Waals surface area contributed by atoms with E-state index >= 15 is 0 Å². The van der Waals surface area contributed by atoms with Gasteiger partial charge < -0.3 is 5.32 Å². The van der Waals surface area contributed by atoms with Gasteiger partial charge in [-0.15, -0.1) is 0 Å². The molecule has 0 saturated heterocycles. The molecule has 0 bridgehead atoms. The van der Waals surface area contributed by atoms with Gasteiger partial charge in [0.15, 0.2) is 0 Å². The largest absolute Gasteiger partial charge is 0.326 e. The number of aryl methyl sites for hydroxylation is 1. The smallest absolute Gasteiger partial charge is 0.224 e. The van der Waals surface area contributed by atoms with Gasteiger partial charge in [0.05, 0.1) is 0 Å². The molecule has 0 radical (unpaired) electrons. The molecule has 3 nitrogen and oxygen atoms in total. The van der Waals surface area contributed by atoms with Crippen molar-refractivity contribution in [2.45, 2.75) is 19.8 Å². The Morgan fingerprint density at radius 2 is 2.33 bits per heavy atom. The number of nitrogens with one attached hydrogen (secondary N) is 1. The maximum Gasteiger partial charge on any atom is 0.224 e. The number of aromatic nitrogens is 1. The Balaban J connectivity index is 2.48. The fourth-order valence-corrected chi connectivity index (χ4v) is 1.48. The molecule has 12 heavy (non-hydrogen) atoms. The molecule has 62 valence electrons. The number of carbonyl (C=O) groups is 1. The van der Waals surface area contributed by atoms with Crippen molar-refractivity contribution in [1.29, 1.82) is 0 Å². The first-order chi connectivity index (χ1) is 5.77. The maximum atomic E-state index is 11.0. The Kier molecular flexibility index (Phi) is 1.57. The summed E-state index contributed by atoms with van der Waals surface area (Å²) < 4.78 is 0. The van der Waals surface area contributed by atoms with E-state index in [0.29, 0.717) is 6.42 Å². The van der Waals surface area contributed by atoms with E-state index in [4.69, 9.17) is 0 Å². The van der Waals surface area contributed by atoms with Gasteiger partial charge in [-0.1, -0.05) is 0 Å². The van der Waals surface area contributed by atoms with Gasteiger partial charge in [-0.25, -0.2) is 0 Å². The van der Waals surface area contributed by atoms with Gasteiger partial charge in [-0.3, -0.25) is 9.78 Å². The summed E-state index contributed by atoms with van der Waals surface area (Å²) in [5.74, 6) is 0.105. The molecule has 0 saturated carbocycles. The van der Waals surface area contributed by atoms with Crippen molar-refractivity contribution >= 4 is 11.6 Å². The molecule has 1 aliphatic heterocycles. The molecule has 3 heteroatoms. The van der Waals surface area contributed by atoms with E-state index in [9.17, 15) is 4.79 Å². The standard InChI is InChI=1S/C9H10N2O/c1-6-7-2-3-9(12)11-8(7)4-5-10-6/h4-5H,2-3H2,1H3,(H,11,12). The van der Waals surface area contributed by atoms with Crippen LogP contribution in [0.15, 0.2) is 12.3 Å². The number of fused-ring (bicyclic) bond motifs is 1. The van der Waals surface area contributed by atoms with E-state index in [1.165, 1.54) is 5.56 Å². The number of hydrogen-bond acceptors (Lipinski definition) is 2. The maximum absolute atomic E-state index is 11.0. The summed E-state index contributed by atoms with van der Waals surface area (Å²) in [5.41, 5.74) is 3.13. The van der Waals surface area contributed by atoms with Gasteiger partial charge in [-0.2, -0.15) is 0 Å². The second kappa shape index (κ2) is 2.59. The van der Waals surface area contributed by atoms with Gasteiger partial charge in [0.25, 0.3) is 0 Å². The number of anilines is 1. The summed E-state index contributed by atoms with van der Waals surface area (Å²) in [6.45, 7) is 1.97. The highest BCUT2D eigenvalue weighted by atomic mass is 16.1. The number of carbonyl (C=O) groups excluding carboxylic acids is 1. The van der Waals surface area contributed by atoms with Crippen molar-refractivity contribution in [3.8, 4) is 0 Å². The van der Waals surface area contributed by atoms with Gasteiger partial charge in [0, 0.05) is 24.0 Å². The molecular formula is C9H10N2O. The van der Waals surface area contributed by atoms with Gasteiger partial charge >= 0.3 is 0 Å². The Morgan fingerprint density at radius 1 is 1.50 bits per heavy atom. The highest BCUT2D eigenvalue weighted by Gasteiger charge is 2.15. The summed E-state index contributed by atoms with van der Waals surface area (Å²) in [7, 11) is 0. The Morgan fingerprint density at radius 3 is 3.17 bits per heavy atom. The first kappa shape index (κ1) is 7.28. The molecule has 0 aromatic carbocycles. The third kappa shape index (κ3) is 1.07. The summed E-state index contributed by atoms with van der Waals surface area (Å²) in [4.78, 5) is 15.2. The Hall–Kier alpha value is -1.38. The number of pyridine rings is 1. The Bertz CT molecular complexity index is 333. The van der Waals surface area contributed by atoms with Crippen molar-refractivity contribution < 1.29 is 4.79 Å². The average molecular weight is 162 g/mol. The van der Waals surface area contributed by atoms with Crippen LogP contribution in [0.4, 0.5) is 5.69 Å². The third-order valence-corrected chi connectivity index (χ3v) is 2.15. The van der Waals surface area contributed by atoms with Crippen molar-refractivity contribution in [3.63, 3.8) is 0 Å². The highest BCUT2D eigenvalue weighted by Crippen LogP contribution is 2.23. The van der Waals surface area contributed by atoms with Crippen LogP contribution in [0.5, 0.6) is 0 Å². The molecule has 1 amide bonds. The highest BCUT2D eigenvalue weighted by molar-refractivity contribution is 5.93. The summed E-state index contributed by atoms with van der Waals surface area (Å²) >= 11 is 0. The van der Waals surface area contributed by atoms with Crippen molar-refractivity contribution in [2.24, 2.45) is 0 Å². The molecule has 0 spiro atoms. The molecule has 2 rings (SSSR count). The molecule has 0 aliphatic carbocycles. The summed E-state index contributed by atoms with van der Waals surface area (Å²) in [6.07, 6.45) is 3.13. The van der Waals surface area contributed by atoms with Crippen LogP contribution < -0.4 is 5.32 Å². The zero-order chi connectivity index (χ0) is 8.55. The van der Waals surface area contributed by atoms with Crippen molar-refractivity contribution in [1.82, 2.24) is 4.98 Å². The van der Waals surface area contributed by atoms with Crippen LogP contribution in [0, 0.1) is 6.92 Å². The molecular weight excluding hydrogens is 152 g/mol. The molecule has 1 N–H and O–H groups in total. The van der Waals surface area contributed by atoms with Gasteiger partial charge in [0.2, 0.25) is 5.91 Å². The van der Waals surface area contributed by atoms with Crippen LogP contribution in [-0.4, -0.2) is 10.9 Å². The van der Waals surface area contributed by atoms with Crippen LogP contribution in [0.1, 0.15) is 17.7 Å². The normalized spacial score (nSPS) is 15.2. The van der Waals surface area contributed by atoms with Crippen molar-refractivity contribution in [2.75, 3.05) is 5.32 Å². The van der Waals surface area contributed by atoms with E-state index < -0.39 is 0 Å². The van der Waals surface area contributed by atoms with Crippen LogP contribution in [0.25, 0.3) is 0 Å². The van der Waals surface area contributed by atoms with Crippen LogP contribution in [0.2, 0.25) is 0 Å². The molecule has 2 heterocycles. The topological polar surface area (TPSA) is 42.0 Å². The van der Waals surface area contributed by atoms with E-state index in [0.717, 1.165) is 17.8 Å². The number of amides is 1. The van der Waals surface area contributed by atoms with Gasteiger partial charge in [0.1, 0.15) is 0 Å². The van der Waals surface area contributed by atoms with E-state index in [1.807, 2.05) is 13.0 Å². The zero-order valence-corrected chi connectivity index (χ0v) is 6.92. The number of rotatable bonds is 0. The molecule has 0 unspecified atom stereocenters. The number of nitrogens with zero attached hydrogens (tertiary/aromatic N) is 1. The quantitative estimate of drug-likeness (QED) is 0.624. The van der Waals surface area contributed by atoms with Crippen LogP contribution in [0.3, 0.4) is 0 Å². The Labute approximate surface area is 70.8 Å². The van der Waals surface area contributed by atoms with E-state index in [-0.39, 0.29) is 5.91 Å². The summed E-state index contributed by atoms with van der Waals surface area (Å²) in [6, 6.07) is 1.85. The predicted molar refractivity (Wildman–Crippen MR) is 45.9 cm³/mol. The van der Waals surface area contributed by atoms with E-state index in [2.05, 4.69) is 10.3 Å². The fraction of sp³-hybridized carbons (Fsp3) is 0.333. The second-order valence-electron chi connectivity index (χ2n) is 2.97. The predicted octanol–water partition coefficient (Wildman–Crippen LogP) is 1.27. The van der Waals surface area contributed by atoms with Crippen LogP contribution in [-0.2, 0) is 11.2 Å². The lowest BCUT2D eigenvalue weighted by Crippen LogP contribution is -2.19. The van der Waals surface area contributed by atoms with E-state index in [1.54, 1.807) is 6.20 Å². The van der Waals surface area contributed by atoms with Crippen molar-refractivity contribution in [3.05, 3.63) is 23.5 Å². The lowest BCUT2D eigenvalue weighted by Gasteiger charge is -2.17. The molecule has 1 aromatic heterocycles. The fourth-order valence-electron chi connectivity index (χ4n) is 1.48. The molecule has 0 fully saturated rings. The lowest BCUT2D eigenvalue weighted by molar-refractivity contribution is -0.116. The number of hydrogen-bond donors (Lipinski definition) is 1.